The minimum absolute atomic E-state index is 0.363. The smallest absolute Gasteiger partial charge is 0.157 e. The van der Waals surface area contributed by atoms with E-state index in [1.54, 1.807) is 0 Å². The van der Waals surface area contributed by atoms with Crippen molar-refractivity contribution < 1.29 is 0 Å². The maximum Gasteiger partial charge on any atom is 0.157 e. The van der Waals surface area contributed by atoms with Crippen molar-refractivity contribution in [2.24, 2.45) is 11.8 Å². The van der Waals surface area contributed by atoms with Crippen LogP contribution < -0.4 is 10.6 Å². The standard InChI is InChI=1S/C14H24N4S/c1-10(2)5-7-18(8-6-11(3)4)14-12(9-15)13(16)17-19-14/h10-11H,5-8H2,1-4H3,(H2,16,17). The minimum Gasteiger partial charge on any atom is -0.382 e. The van der Waals surface area contributed by atoms with Crippen LogP contribution in [-0.4, -0.2) is 17.5 Å². The van der Waals surface area contributed by atoms with Crippen molar-refractivity contribution in [3.63, 3.8) is 0 Å². The van der Waals surface area contributed by atoms with Crippen LogP contribution in [0.25, 0.3) is 0 Å². The molecule has 19 heavy (non-hydrogen) atoms. The normalized spacial score (nSPS) is 11.0. The van der Waals surface area contributed by atoms with Crippen molar-refractivity contribution in [2.45, 2.75) is 40.5 Å². The minimum atomic E-state index is 0.363. The van der Waals surface area contributed by atoms with Gasteiger partial charge in [0.25, 0.3) is 0 Å². The molecule has 1 aromatic rings. The lowest BCUT2D eigenvalue weighted by Gasteiger charge is -2.24. The zero-order valence-electron chi connectivity index (χ0n) is 12.3. The van der Waals surface area contributed by atoms with Crippen LogP contribution in [0.5, 0.6) is 0 Å². The number of nitrogen functional groups attached to an aromatic ring is 1. The molecule has 106 valence electrons. The van der Waals surface area contributed by atoms with Gasteiger partial charge in [-0.25, -0.2) is 0 Å². The summed E-state index contributed by atoms with van der Waals surface area (Å²) >= 11 is 1.34. The summed E-state index contributed by atoms with van der Waals surface area (Å²) in [6, 6.07) is 2.18. The zero-order valence-corrected chi connectivity index (χ0v) is 13.1. The molecule has 0 unspecified atom stereocenters. The summed E-state index contributed by atoms with van der Waals surface area (Å²) in [5.74, 6) is 1.66. The molecule has 0 bridgehead atoms. The highest BCUT2D eigenvalue weighted by Gasteiger charge is 2.18. The third kappa shape index (κ3) is 4.71. The van der Waals surface area contributed by atoms with Crippen LogP contribution in [0.2, 0.25) is 0 Å². The van der Waals surface area contributed by atoms with E-state index in [1.165, 1.54) is 11.5 Å². The molecule has 5 heteroatoms. The fourth-order valence-electron chi connectivity index (χ4n) is 1.76. The molecule has 1 heterocycles. The van der Waals surface area contributed by atoms with Crippen LogP contribution in [0.3, 0.4) is 0 Å². The van der Waals surface area contributed by atoms with Gasteiger partial charge in [-0.3, -0.25) is 0 Å². The Balaban J connectivity index is 2.85. The maximum atomic E-state index is 9.20. The van der Waals surface area contributed by atoms with E-state index in [0.717, 1.165) is 30.9 Å². The number of hydrogen-bond acceptors (Lipinski definition) is 5. The maximum absolute atomic E-state index is 9.20. The van der Waals surface area contributed by atoms with Gasteiger partial charge in [0.05, 0.1) is 0 Å². The first-order valence-electron chi connectivity index (χ1n) is 6.85. The topological polar surface area (TPSA) is 65.9 Å². The third-order valence-corrected chi connectivity index (χ3v) is 3.98. The number of rotatable bonds is 7. The van der Waals surface area contributed by atoms with E-state index in [0.29, 0.717) is 23.2 Å². The number of nitriles is 1. The lowest BCUT2D eigenvalue weighted by Crippen LogP contribution is -2.27. The van der Waals surface area contributed by atoms with Gasteiger partial charge in [0.1, 0.15) is 16.6 Å². The molecule has 0 aliphatic heterocycles. The lowest BCUT2D eigenvalue weighted by molar-refractivity contribution is 0.536. The molecule has 0 amide bonds. The summed E-state index contributed by atoms with van der Waals surface area (Å²) < 4.78 is 4.12. The SMILES string of the molecule is CC(C)CCN(CCC(C)C)c1snc(N)c1C#N. The Morgan fingerprint density at radius 2 is 1.74 bits per heavy atom. The van der Waals surface area contributed by atoms with Gasteiger partial charge in [0.2, 0.25) is 0 Å². The van der Waals surface area contributed by atoms with Crippen molar-refractivity contribution in [2.75, 3.05) is 23.7 Å². The number of nitrogens with zero attached hydrogens (tertiary/aromatic N) is 3. The highest BCUT2D eigenvalue weighted by Crippen LogP contribution is 2.30. The Kier molecular flexibility index (Phi) is 6.10. The second kappa shape index (κ2) is 7.34. The highest BCUT2D eigenvalue weighted by atomic mass is 32.1. The van der Waals surface area contributed by atoms with Gasteiger partial charge in [-0.2, -0.15) is 9.64 Å². The molecule has 0 fully saturated rings. The quantitative estimate of drug-likeness (QED) is 0.830. The molecule has 2 N–H and O–H groups in total. The van der Waals surface area contributed by atoms with E-state index in [4.69, 9.17) is 5.73 Å². The van der Waals surface area contributed by atoms with E-state index in [1.807, 2.05) is 0 Å². The van der Waals surface area contributed by atoms with E-state index >= 15 is 0 Å². The molecule has 0 spiro atoms. The predicted octanol–water partition coefficient (Wildman–Crippen LogP) is 3.50. The van der Waals surface area contributed by atoms with Crippen LogP contribution in [0.15, 0.2) is 0 Å². The van der Waals surface area contributed by atoms with Crippen molar-refractivity contribution in [1.82, 2.24) is 4.37 Å². The largest absolute Gasteiger partial charge is 0.382 e. The highest BCUT2D eigenvalue weighted by molar-refractivity contribution is 7.10. The molecular formula is C14H24N4S. The molecular weight excluding hydrogens is 256 g/mol. The van der Waals surface area contributed by atoms with Gasteiger partial charge in [0, 0.05) is 13.1 Å². The van der Waals surface area contributed by atoms with E-state index in [2.05, 4.69) is 43.0 Å². The van der Waals surface area contributed by atoms with E-state index < -0.39 is 0 Å². The molecule has 4 nitrogen and oxygen atoms in total. The van der Waals surface area contributed by atoms with Crippen LogP contribution in [-0.2, 0) is 0 Å². The monoisotopic (exact) mass is 280 g/mol. The third-order valence-electron chi connectivity index (χ3n) is 3.05. The average Bonchev–Trinajstić information content (AvgIpc) is 2.69. The van der Waals surface area contributed by atoms with Gasteiger partial charge in [-0.15, -0.1) is 0 Å². The van der Waals surface area contributed by atoms with Crippen molar-refractivity contribution in [3.8, 4) is 6.07 Å². The Labute approximate surface area is 120 Å². The summed E-state index contributed by atoms with van der Waals surface area (Å²) in [5.41, 5.74) is 6.29. The van der Waals surface area contributed by atoms with Crippen molar-refractivity contribution in [3.05, 3.63) is 5.56 Å². The van der Waals surface area contributed by atoms with Crippen LogP contribution in [0.1, 0.15) is 46.1 Å². The summed E-state index contributed by atoms with van der Waals surface area (Å²) in [5, 5.41) is 10.1. The molecule has 0 radical (unpaired) electrons. The fraction of sp³-hybridized carbons (Fsp3) is 0.714. The van der Waals surface area contributed by atoms with Gasteiger partial charge in [0.15, 0.2) is 5.82 Å². The first kappa shape index (κ1) is 15.8. The van der Waals surface area contributed by atoms with Gasteiger partial charge >= 0.3 is 0 Å². The van der Waals surface area contributed by atoms with E-state index in [9.17, 15) is 5.26 Å². The molecule has 1 rings (SSSR count). The predicted molar refractivity (Wildman–Crippen MR) is 82.4 cm³/mol. The summed E-state index contributed by atoms with van der Waals surface area (Å²) in [6.45, 7) is 10.8. The number of nitrogens with two attached hydrogens (primary N) is 1. The van der Waals surface area contributed by atoms with Gasteiger partial charge < -0.3 is 10.6 Å². The van der Waals surface area contributed by atoms with Crippen molar-refractivity contribution >= 4 is 22.4 Å². The van der Waals surface area contributed by atoms with Crippen LogP contribution >= 0.6 is 11.5 Å². The van der Waals surface area contributed by atoms with Gasteiger partial charge in [-0.05, 0) is 36.2 Å². The summed E-state index contributed by atoms with van der Waals surface area (Å²) in [7, 11) is 0. The van der Waals surface area contributed by atoms with E-state index in [-0.39, 0.29) is 0 Å². The molecule has 1 aromatic heterocycles. The summed E-state index contributed by atoms with van der Waals surface area (Å²) in [4.78, 5) is 2.27. The zero-order chi connectivity index (χ0) is 14.4. The first-order valence-corrected chi connectivity index (χ1v) is 7.63. The number of anilines is 2. The average molecular weight is 280 g/mol. The Hall–Kier alpha value is -1.28. The Morgan fingerprint density at radius 3 is 2.16 bits per heavy atom. The van der Waals surface area contributed by atoms with Gasteiger partial charge in [-0.1, -0.05) is 27.7 Å². The molecule has 0 saturated heterocycles. The number of aromatic nitrogens is 1. The summed E-state index contributed by atoms with van der Waals surface area (Å²) in [6.07, 6.45) is 2.22. The lowest BCUT2D eigenvalue weighted by atomic mass is 10.1. The molecule has 0 aliphatic carbocycles. The Bertz CT molecular complexity index is 419. The van der Waals surface area contributed by atoms with Crippen LogP contribution in [0, 0.1) is 23.2 Å². The molecule has 0 saturated carbocycles. The molecule has 0 aromatic carbocycles. The first-order chi connectivity index (χ1) is 8.95. The second-order valence-electron chi connectivity index (χ2n) is 5.71. The molecule has 0 aliphatic rings. The number of hydrogen-bond donors (Lipinski definition) is 1. The second-order valence-corrected chi connectivity index (χ2v) is 6.46. The Morgan fingerprint density at radius 1 is 1.21 bits per heavy atom. The van der Waals surface area contributed by atoms with Crippen LogP contribution in [0.4, 0.5) is 10.8 Å². The molecule has 0 atom stereocenters. The fourth-order valence-corrected chi connectivity index (χ4v) is 2.57. The van der Waals surface area contributed by atoms with Crippen molar-refractivity contribution in [1.29, 1.82) is 5.26 Å².